The molecule has 0 radical (unpaired) electrons. The summed E-state index contributed by atoms with van der Waals surface area (Å²) < 4.78 is 13.3. The molecule has 96 valence electrons. The molecule has 1 heterocycles. The fourth-order valence-electron chi connectivity index (χ4n) is 2.09. The van der Waals surface area contributed by atoms with Gasteiger partial charge in [0.05, 0.1) is 0 Å². The van der Waals surface area contributed by atoms with E-state index in [1.807, 2.05) is 0 Å². The Labute approximate surface area is 105 Å². The third kappa shape index (κ3) is 2.34. The number of nitrogens with zero attached hydrogens (tertiary/aromatic N) is 1. The summed E-state index contributed by atoms with van der Waals surface area (Å²) in [5.74, 6) is -0.921. The van der Waals surface area contributed by atoms with E-state index in [0.29, 0.717) is 18.7 Å². The third-order valence-electron chi connectivity index (χ3n) is 3.05. The highest BCUT2D eigenvalue weighted by atomic mass is 19.1. The number of nitrogens with one attached hydrogen (secondary N) is 1. The van der Waals surface area contributed by atoms with Gasteiger partial charge in [-0.05, 0) is 37.6 Å². The summed E-state index contributed by atoms with van der Waals surface area (Å²) in [6.07, 6.45) is 0. The molecule has 5 heteroatoms. The molecule has 18 heavy (non-hydrogen) atoms. The van der Waals surface area contributed by atoms with Crippen molar-refractivity contribution in [3.05, 3.63) is 35.1 Å². The van der Waals surface area contributed by atoms with Crippen molar-refractivity contribution in [2.24, 2.45) is 0 Å². The van der Waals surface area contributed by atoms with Gasteiger partial charge in [0.2, 0.25) is 5.91 Å². The molecule has 1 saturated heterocycles. The number of amides is 2. The monoisotopic (exact) mass is 250 g/mol. The van der Waals surface area contributed by atoms with E-state index >= 15 is 0 Å². The Balaban J connectivity index is 2.27. The number of carbonyl (C=O) groups excluding carboxylic acids is 2. The maximum absolute atomic E-state index is 13.3. The van der Waals surface area contributed by atoms with Gasteiger partial charge < -0.3 is 10.2 Å². The van der Waals surface area contributed by atoms with Crippen molar-refractivity contribution in [2.75, 3.05) is 13.1 Å². The van der Waals surface area contributed by atoms with Gasteiger partial charge in [-0.25, -0.2) is 4.39 Å². The summed E-state index contributed by atoms with van der Waals surface area (Å²) in [7, 11) is 0. The lowest BCUT2D eigenvalue weighted by Crippen LogP contribution is -2.55. The van der Waals surface area contributed by atoms with Crippen LogP contribution in [0.2, 0.25) is 0 Å². The summed E-state index contributed by atoms with van der Waals surface area (Å²) >= 11 is 0. The van der Waals surface area contributed by atoms with E-state index in [4.69, 9.17) is 0 Å². The summed E-state index contributed by atoms with van der Waals surface area (Å²) in [5.41, 5.74) is 0.974. The first-order valence-electron chi connectivity index (χ1n) is 5.85. The Morgan fingerprint density at radius 1 is 1.44 bits per heavy atom. The average Bonchev–Trinajstić information content (AvgIpc) is 2.30. The highest BCUT2D eigenvalue weighted by Gasteiger charge is 2.29. The first kappa shape index (κ1) is 12.5. The quantitative estimate of drug-likeness (QED) is 0.811. The number of piperazine rings is 1. The molecule has 1 fully saturated rings. The Kier molecular flexibility index (Phi) is 3.32. The van der Waals surface area contributed by atoms with Crippen LogP contribution >= 0.6 is 0 Å². The first-order valence-corrected chi connectivity index (χ1v) is 5.85. The number of benzene rings is 1. The zero-order valence-corrected chi connectivity index (χ0v) is 10.4. The molecular weight excluding hydrogens is 235 g/mol. The molecule has 2 amide bonds. The highest BCUT2D eigenvalue weighted by molar-refractivity contribution is 5.98. The predicted octanol–water partition coefficient (Wildman–Crippen LogP) is 1.09. The fraction of sp³-hybridized carbons (Fsp3) is 0.385. The zero-order valence-electron chi connectivity index (χ0n) is 10.4. The summed E-state index contributed by atoms with van der Waals surface area (Å²) in [6, 6.07) is 3.68. The van der Waals surface area contributed by atoms with Crippen molar-refractivity contribution < 1.29 is 14.0 Å². The van der Waals surface area contributed by atoms with Crippen molar-refractivity contribution in [2.45, 2.75) is 19.9 Å². The number of hydrogen-bond acceptors (Lipinski definition) is 2. The van der Waals surface area contributed by atoms with Crippen LogP contribution in [-0.2, 0) is 4.79 Å². The minimum atomic E-state index is -0.519. The zero-order chi connectivity index (χ0) is 13.3. The topological polar surface area (TPSA) is 49.4 Å². The largest absolute Gasteiger partial charge is 0.353 e. The third-order valence-corrected chi connectivity index (χ3v) is 3.05. The fourth-order valence-corrected chi connectivity index (χ4v) is 2.09. The SMILES string of the molecule is Cc1cc(F)cc(C(=O)N2CCNC(=O)C2C)c1. The predicted molar refractivity (Wildman–Crippen MR) is 64.6 cm³/mol. The number of aryl methyl sites for hydroxylation is 1. The van der Waals surface area contributed by atoms with Gasteiger partial charge in [-0.3, -0.25) is 9.59 Å². The van der Waals surface area contributed by atoms with Crippen LogP contribution in [0.5, 0.6) is 0 Å². The van der Waals surface area contributed by atoms with Crippen LogP contribution in [-0.4, -0.2) is 35.8 Å². The van der Waals surface area contributed by atoms with Gasteiger partial charge in [0.1, 0.15) is 11.9 Å². The van der Waals surface area contributed by atoms with E-state index in [0.717, 1.165) is 0 Å². The number of hydrogen-bond donors (Lipinski definition) is 1. The minimum absolute atomic E-state index is 0.178. The van der Waals surface area contributed by atoms with Crippen molar-refractivity contribution in [1.29, 1.82) is 0 Å². The van der Waals surface area contributed by atoms with Crippen molar-refractivity contribution in [1.82, 2.24) is 10.2 Å². The Morgan fingerprint density at radius 2 is 2.17 bits per heavy atom. The van der Waals surface area contributed by atoms with Crippen molar-refractivity contribution >= 4 is 11.8 Å². The van der Waals surface area contributed by atoms with Gasteiger partial charge in [0.15, 0.2) is 0 Å². The molecule has 4 nitrogen and oxygen atoms in total. The number of carbonyl (C=O) groups is 2. The van der Waals surface area contributed by atoms with Crippen LogP contribution in [0.4, 0.5) is 4.39 Å². The molecule has 0 aliphatic carbocycles. The van der Waals surface area contributed by atoms with Crippen LogP contribution in [0.3, 0.4) is 0 Å². The molecule has 1 N–H and O–H groups in total. The molecule has 1 aliphatic heterocycles. The molecule has 1 aromatic rings. The van der Waals surface area contributed by atoms with Gasteiger partial charge in [0, 0.05) is 18.7 Å². The number of halogens is 1. The molecule has 0 bridgehead atoms. The molecule has 1 aromatic carbocycles. The standard InChI is InChI=1S/C13H15FN2O2/c1-8-5-10(7-11(14)6-8)13(18)16-4-3-15-12(17)9(16)2/h5-7,9H,3-4H2,1-2H3,(H,15,17). The van der Waals surface area contributed by atoms with Crippen molar-refractivity contribution in [3.63, 3.8) is 0 Å². The second kappa shape index (κ2) is 4.76. The minimum Gasteiger partial charge on any atom is -0.353 e. The van der Waals surface area contributed by atoms with Crippen LogP contribution in [0.15, 0.2) is 18.2 Å². The lowest BCUT2D eigenvalue weighted by molar-refractivity contribution is -0.127. The molecule has 2 rings (SSSR count). The summed E-state index contributed by atoms with van der Waals surface area (Å²) in [4.78, 5) is 25.2. The average molecular weight is 250 g/mol. The van der Waals surface area contributed by atoms with E-state index in [2.05, 4.69) is 5.32 Å². The van der Waals surface area contributed by atoms with Crippen LogP contribution in [0, 0.1) is 12.7 Å². The van der Waals surface area contributed by atoms with E-state index in [-0.39, 0.29) is 17.4 Å². The van der Waals surface area contributed by atoms with E-state index in [9.17, 15) is 14.0 Å². The smallest absolute Gasteiger partial charge is 0.254 e. The molecule has 1 atom stereocenters. The molecule has 0 spiro atoms. The van der Waals surface area contributed by atoms with Crippen LogP contribution < -0.4 is 5.32 Å². The lowest BCUT2D eigenvalue weighted by Gasteiger charge is -2.32. The van der Waals surface area contributed by atoms with Gasteiger partial charge in [-0.15, -0.1) is 0 Å². The Bertz CT molecular complexity index is 482. The summed E-state index contributed by atoms with van der Waals surface area (Å²) in [6.45, 7) is 4.27. The summed E-state index contributed by atoms with van der Waals surface area (Å²) in [5, 5.41) is 2.68. The van der Waals surface area contributed by atoms with E-state index in [1.54, 1.807) is 19.9 Å². The molecule has 0 aromatic heterocycles. The van der Waals surface area contributed by atoms with Crippen molar-refractivity contribution in [3.8, 4) is 0 Å². The van der Waals surface area contributed by atoms with E-state index in [1.165, 1.54) is 17.0 Å². The number of rotatable bonds is 1. The Hall–Kier alpha value is -1.91. The Morgan fingerprint density at radius 3 is 2.83 bits per heavy atom. The highest BCUT2D eigenvalue weighted by Crippen LogP contribution is 2.14. The lowest BCUT2D eigenvalue weighted by atomic mass is 10.1. The molecule has 1 aliphatic rings. The molecular formula is C13H15FN2O2. The molecule has 0 saturated carbocycles. The van der Waals surface area contributed by atoms with Gasteiger partial charge >= 0.3 is 0 Å². The van der Waals surface area contributed by atoms with Gasteiger partial charge in [0.25, 0.3) is 5.91 Å². The normalized spacial score (nSPS) is 19.6. The first-order chi connectivity index (χ1) is 8.49. The van der Waals surface area contributed by atoms with E-state index < -0.39 is 11.9 Å². The van der Waals surface area contributed by atoms with Crippen LogP contribution in [0.25, 0.3) is 0 Å². The maximum Gasteiger partial charge on any atom is 0.254 e. The van der Waals surface area contributed by atoms with Crippen LogP contribution in [0.1, 0.15) is 22.8 Å². The maximum atomic E-state index is 13.3. The van der Waals surface area contributed by atoms with Gasteiger partial charge in [-0.2, -0.15) is 0 Å². The molecule has 1 unspecified atom stereocenters. The second-order valence-corrected chi connectivity index (χ2v) is 4.48. The second-order valence-electron chi connectivity index (χ2n) is 4.48. The van der Waals surface area contributed by atoms with Gasteiger partial charge in [-0.1, -0.05) is 0 Å².